The van der Waals surface area contributed by atoms with E-state index in [1.54, 1.807) is 11.3 Å². The maximum Gasteiger partial charge on any atom is 0.0934 e. The molecular weight excluding hydrogens is 309 g/mol. The number of nitrogens with one attached hydrogen (secondary N) is 1. The Hall–Kier alpha value is -0.540. The highest BCUT2D eigenvalue weighted by Gasteiger charge is 2.27. The van der Waals surface area contributed by atoms with E-state index in [9.17, 15) is 0 Å². The van der Waals surface area contributed by atoms with Crippen molar-refractivity contribution in [2.24, 2.45) is 0 Å². The summed E-state index contributed by atoms with van der Waals surface area (Å²) in [6.45, 7) is 2.20. The third-order valence-electron chi connectivity index (χ3n) is 3.91. The van der Waals surface area contributed by atoms with Crippen molar-refractivity contribution in [3.05, 3.63) is 55.7 Å². The lowest BCUT2D eigenvalue weighted by Crippen LogP contribution is -2.24. The van der Waals surface area contributed by atoms with Gasteiger partial charge in [0.05, 0.1) is 4.34 Å². The molecule has 3 rings (SSSR count). The van der Waals surface area contributed by atoms with Gasteiger partial charge in [0.25, 0.3) is 0 Å². The molecule has 0 spiro atoms. The van der Waals surface area contributed by atoms with Crippen molar-refractivity contribution < 1.29 is 0 Å². The van der Waals surface area contributed by atoms with E-state index in [1.807, 2.05) is 12.1 Å². The first-order chi connectivity index (χ1) is 9.67. The van der Waals surface area contributed by atoms with E-state index in [1.165, 1.54) is 16.0 Å². The fourth-order valence-electron chi connectivity index (χ4n) is 2.92. The molecule has 0 aliphatic heterocycles. The molecule has 1 aromatic heterocycles. The lowest BCUT2D eigenvalue weighted by atomic mass is 10.0. The Morgan fingerprint density at radius 2 is 2.20 bits per heavy atom. The van der Waals surface area contributed by atoms with Crippen LogP contribution in [0.2, 0.25) is 9.36 Å². The van der Waals surface area contributed by atoms with Gasteiger partial charge in [0.1, 0.15) is 0 Å². The van der Waals surface area contributed by atoms with E-state index in [2.05, 4.69) is 30.4 Å². The van der Waals surface area contributed by atoms with Crippen LogP contribution in [-0.4, -0.2) is 0 Å². The number of thiophene rings is 1. The van der Waals surface area contributed by atoms with Crippen molar-refractivity contribution in [2.75, 3.05) is 0 Å². The molecule has 2 unspecified atom stereocenters. The molecule has 0 saturated heterocycles. The first-order valence-corrected chi connectivity index (χ1v) is 8.54. The number of fused-ring (bicyclic) bond motifs is 1. The van der Waals surface area contributed by atoms with Gasteiger partial charge in [0.2, 0.25) is 0 Å². The normalized spacial score (nSPS) is 19.1. The number of hydrogen-bond donors (Lipinski definition) is 1. The summed E-state index contributed by atoms with van der Waals surface area (Å²) >= 11 is 13.9. The van der Waals surface area contributed by atoms with Crippen LogP contribution in [0, 0.1) is 0 Å². The molecule has 1 nitrogen and oxygen atoms in total. The second-order valence-corrected chi connectivity index (χ2v) is 7.41. The molecule has 1 aliphatic rings. The largest absolute Gasteiger partial charge is 0.303 e. The van der Waals surface area contributed by atoms with Crippen LogP contribution in [0.4, 0.5) is 0 Å². The maximum absolute atomic E-state index is 6.13. The van der Waals surface area contributed by atoms with E-state index in [-0.39, 0.29) is 0 Å². The average molecular weight is 326 g/mol. The Morgan fingerprint density at radius 3 is 2.95 bits per heavy atom. The van der Waals surface area contributed by atoms with Crippen LogP contribution in [0.5, 0.6) is 0 Å². The van der Waals surface area contributed by atoms with Gasteiger partial charge in [-0.25, -0.2) is 0 Å². The molecule has 0 saturated carbocycles. The van der Waals surface area contributed by atoms with Crippen molar-refractivity contribution >= 4 is 34.5 Å². The van der Waals surface area contributed by atoms with Crippen LogP contribution in [-0.2, 0) is 6.42 Å². The summed E-state index contributed by atoms with van der Waals surface area (Å²) < 4.78 is 0.900. The fraction of sp³-hybridized carbons (Fsp3) is 0.375. The number of aryl methyl sites for hydroxylation is 1. The number of hydrogen-bond acceptors (Lipinski definition) is 2. The summed E-state index contributed by atoms with van der Waals surface area (Å²) in [5.74, 6) is 0. The van der Waals surface area contributed by atoms with Gasteiger partial charge in [-0.05, 0) is 48.6 Å². The molecule has 0 amide bonds. The molecule has 0 radical (unpaired) electrons. The molecule has 0 bridgehead atoms. The maximum atomic E-state index is 6.13. The highest BCUT2D eigenvalue weighted by molar-refractivity contribution is 7.16. The van der Waals surface area contributed by atoms with E-state index >= 15 is 0 Å². The van der Waals surface area contributed by atoms with Gasteiger partial charge in [0, 0.05) is 22.0 Å². The Labute approximate surface area is 133 Å². The van der Waals surface area contributed by atoms with Gasteiger partial charge in [-0.3, -0.25) is 0 Å². The van der Waals surface area contributed by atoms with Gasteiger partial charge < -0.3 is 5.32 Å². The van der Waals surface area contributed by atoms with Crippen LogP contribution in [0.1, 0.15) is 47.9 Å². The molecule has 0 fully saturated rings. The van der Waals surface area contributed by atoms with Crippen LogP contribution < -0.4 is 5.32 Å². The highest BCUT2D eigenvalue weighted by Crippen LogP contribution is 2.40. The predicted octanol–water partition coefficient (Wildman–Crippen LogP) is 5.78. The molecule has 4 heteroatoms. The minimum Gasteiger partial charge on any atom is -0.303 e. The summed E-state index contributed by atoms with van der Waals surface area (Å²) in [7, 11) is 0. The van der Waals surface area contributed by atoms with Gasteiger partial charge in [-0.2, -0.15) is 0 Å². The third kappa shape index (κ3) is 2.89. The van der Waals surface area contributed by atoms with E-state index in [0.29, 0.717) is 12.1 Å². The van der Waals surface area contributed by atoms with Gasteiger partial charge >= 0.3 is 0 Å². The van der Waals surface area contributed by atoms with Crippen molar-refractivity contribution in [1.29, 1.82) is 0 Å². The molecular formula is C16H17Cl2NS. The monoisotopic (exact) mass is 325 g/mol. The lowest BCUT2D eigenvalue weighted by Gasteiger charge is -2.23. The van der Waals surface area contributed by atoms with Crippen molar-refractivity contribution in [2.45, 2.75) is 38.3 Å². The third-order valence-corrected chi connectivity index (χ3v) is 5.48. The molecule has 1 aromatic carbocycles. The van der Waals surface area contributed by atoms with Gasteiger partial charge in [0.15, 0.2) is 0 Å². The minimum absolute atomic E-state index is 0.336. The average Bonchev–Trinajstić information content (AvgIpc) is 2.96. The van der Waals surface area contributed by atoms with Crippen LogP contribution >= 0.6 is 34.5 Å². The molecule has 1 N–H and O–H groups in total. The fourth-order valence-corrected chi connectivity index (χ4v) is 4.48. The quantitative estimate of drug-likeness (QED) is 0.750. The summed E-state index contributed by atoms with van der Waals surface area (Å²) in [6.07, 6.45) is 3.34. The van der Waals surface area contributed by atoms with Crippen molar-refractivity contribution in [3.8, 4) is 0 Å². The Bertz CT molecular complexity index is 608. The first-order valence-electron chi connectivity index (χ1n) is 6.97. The first kappa shape index (κ1) is 14.4. The van der Waals surface area contributed by atoms with E-state index in [4.69, 9.17) is 23.2 Å². The molecule has 1 aliphatic carbocycles. The second kappa shape index (κ2) is 6.07. The summed E-state index contributed by atoms with van der Waals surface area (Å²) in [5.41, 5.74) is 2.65. The SMILES string of the molecule is CCC(NC1CCc2sc(Cl)cc21)c1cccc(Cl)c1. The summed E-state index contributed by atoms with van der Waals surface area (Å²) in [5, 5.41) is 4.57. The van der Waals surface area contributed by atoms with Crippen molar-refractivity contribution in [3.63, 3.8) is 0 Å². The zero-order valence-electron chi connectivity index (χ0n) is 11.3. The van der Waals surface area contributed by atoms with Crippen LogP contribution in [0.3, 0.4) is 0 Å². The number of benzene rings is 1. The minimum atomic E-state index is 0.336. The summed E-state index contributed by atoms with van der Waals surface area (Å²) in [4.78, 5) is 1.44. The number of rotatable bonds is 4. The zero-order chi connectivity index (χ0) is 14.1. The molecule has 106 valence electrons. The standard InChI is InChI=1S/C16H17Cl2NS/c1-2-13(10-4-3-5-11(17)8-10)19-14-6-7-15-12(14)9-16(18)20-15/h3-5,8-9,13-14,19H,2,6-7H2,1H3. The van der Waals surface area contributed by atoms with Crippen molar-refractivity contribution in [1.82, 2.24) is 5.32 Å². The van der Waals surface area contributed by atoms with Gasteiger partial charge in [-0.15, -0.1) is 11.3 Å². The van der Waals surface area contributed by atoms with E-state index < -0.39 is 0 Å². The Morgan fingerprint density at radius 1 is 1.35 bits per heavy atom. The Kier molecular flexibility index (Phi) is 4.37. The van der Waals surface area contributed by atoms with E-state index in [0.717, 1.165) is 28.6 Å². The number of halogens is 2. The topological polar surface area (TPSA) is 12.0 Å². The second-order valence-electron chi connectivity index (χ2n) is 5.20. The van der Waals surface area contributed by atoms with Crippen LogP contribution in [0.25, 0.3) is 0 Å². The smallest absolute Gasteiger partial charge is 0.0934 e. The lowest BCUT2D eigenvalue weighted by molar-refractivity contribution is 0.433. The Balaban J connectivity index is 1.79. The highest BCUT2D eigenvalue weighted by atomic mass is 35.5. The molecule has 2 aromatic rings. The molecule has 1 heterocycles. The predicted molar refractivity (Wildman–Crippen MR) is 88.0 cm³/mol. The zero-order valence-corrected chi connectivity index (χ0v) is 13.7. The molecule has 20 heavy (non-hydrogen) atoms. The van der Waals surface area contributed by atoms with Gasteiger partial charge in [-0.1, -0.05) is 42.3 Å². The summed E-state index contributed by atoms with van der Waals surface area (Å²) in [6, 6.07) is 11.0. The molecule has 2 atom stereocenters. The van der Waals surface area contributed by atoms with Crippen LogP contribution in [0.15, 0.2) is 30.3 Å².